The highest BCUT2D eigenvalue weighted by Crippen LogP contribution is 2.43. The molecule has 1 aliphatic heterocycles. The van der Waals surface area contributed by atoms with Crippen molar-refractivity contribution in [1.29, 1.82) is 0 Å². The summed E-state index contributed by atoms with van der Waals surface area (Å²) in [5, 5.41) is 49.5. The van der Waals surface area contributed by atoms with E-state index in [2.05, 4.69) is 0 Å². The minimum absolute atomic E-state index is 0.0119. The van der Waals surface area contributed by atoms with E-state index in [0.717, 1.165) is 6.07 Å². The zero-order valence-electron chi connectivity index (χ0n) is 14.4. The summed E-state index contributed by atoms with van der Waals surface area (Å²) in [6.45, 7) is -0.590. The van der Waals surface area contributed by atoms with E-state index in [9.17, 15) is 35.3 Å². The van der Waals surface area contributed by atoms with Crippen molar-refractivity contribution in [1.82, 2.24) is 0 Å². The molecule has 0 saturated carbocycles. The monoisotopic (exact) mass is 391 g/mol. The third-order valence-electron chi connectivity index (χ3n) is 4.28. The zero-order chi connectivity index (χ0) is 20.4. The Hall–Kier alpha value is -3.69. The quantitative estimate of drug-likeness (QED) is 0.258. The summed E-state index contributed by atoms with van der Waals surface area (Å²) >= 11 is 0. The number of nitro groups is 1. The van der Waals surface area contributed by atoms with Gasteiger partial charge in [-0.15, -0.1) is 0 Å². The maximum atomic E-state index is 12.0. The molecule has 10 heteroatoms. The van der Waals surface area contributed by atoms with Gasteiger partial charge >= 0.3 is 5.97 Å². The molecule has 0 fully saturated rings. The van der Waals surface area contributed by atoms with Crippen LogP contribution in [0.15, 0.2) is 30.3 Å². The Balaban J connectivity index is 1.93. The lowest BCUT2D eigenvalue weighted by Gasteiger charge is -2.34. The van der Waals surface area contributed by atoms with E-state index >= 15 is 0 Å². The molecule has 3 rings (SSSR count). The number of rotatable bonds is 5. The fraction of sp³-hybridized carbons (Fsp3) is 0.278. The lowest BCUT2D eigenvalue weighted by Crippen LogP contribution is -2.35. The average molecular weight is 391 g/mol. The van der Waals surface area contributed by atoms with Crippen molar-refractivity contribution in [2.75, 3.05) is 6.54 Å². The van der Waals surface area contributed by atoms with Crippen LogP contribution in [-0.2, 0) is 16.0 Å². The molecular weight excluding hydrogens is 374 g/mol. The SMILES string of the molecule is O=C(CC[N+](=O)[O-])O[C@@H]1Cc2c(O)cc(O)cc2O[C@@H]1c1ccc(O)c(O)c1. The second-order valence-electron chi connectivity index (χ2n) is 6.27. The van der Waals surface area contributed by atoms with E-state index in [-0.39, 0.29) is 29.4 Å². The molecule has 2 atom stereocenters. The van der Waals surface area contributed by atoms with Crippen molar-refractivity contribution in [2.45, 2.75) is 25.0 Å². The molecule has 2 aromatic carbocycles. The fourth-order valence-corrected chi connectivity index (χ4v) is 2.96. The molecule has 28 heavy (non-hydrogen) atoms. The molecule has 0 spiro atoms. The van der Waals surface area contributed by atoms with Gasteiger partial charge < -0.3 is 29.9 Å². The van der Waals surface area contributed by atoms with Crippen LogP contribution in [0, 0.1) is 10.1 Å². The molecule has 0 bridgehead atoms. The van der Waals surface area contributed by atoms with Gasteiger partial charge in [0.05, 0.1) is 0 Å². The van der Waals surface area contributed by atoms with Gasteiger partial charge in [0.15, 0.2) is 17.6 Å². The predicted octanol–water partition coefficient (Wildman–Crippen LogP) is 1.76. The second kappa shape index (κ2) is 7.51. The fourth-order valence-electron chi connectivity index (χ4n) is 2.96. The Bertz CT molecular complexity index is 928. The molecule has 0 radical (unpaired) electrons. The Morgan fingerprint density at radius 1 is 1.14 bits per heavy atom. The Kier molecular flexibility index (Phi) is 5.12. The molecule has 0 amide bonds. The summed E-state index contributed by atoms with van der Waals surface area (Å²) in [4.78, 5) is 21.8. The number of carbonyl (C=O) groups excluding carboxylic acids is 1. The van der Waals surface area contributed by atoms with E-state index in [1.807, 2.05) is 0 Å². The molecule has 4 N–H and O–H groups in total. The number of phenolic OH excluding ortho intramolecular Hbond substituents is 4. The number of esters is 1. The van der Waals surface area contributed by atoms with Gasteiger partial charge in [-0.25, -0.2) is 0 Å². The van der Waals surface area contributed by atoms with Gasteiger partial charge in [0.25, 0.3) is 0 Å². The number of aromatic hydroxyl groups is 4. The Morgan fingerprint density at radius 2 is 1.89 bits per heavy atom. The molecule has 10 nitrogen and oxygen atoms in total. The number of hydrogen-bond acceptors (Lipinski definition) is 9. The third kappa shape index (κ3) is 4.00. The van der Waals surface area contributed by atoms with Crippen LogP contribution in [0.25, 0.3) is 0 Å². The molecule has 0 aliphatic carbocycles. The molecule has 2 aromatic rings. The largest absolute Gasteiger partial charge is 0.508 e. The van der Waals surface area contributed by atoms with E-state index in [1.54, 1.807) is 0 Å². The van der Waals surface area contributed by atoms with E-state index in [0.29, 0.717) is 11.1 Å². The van der Waals surface area contributed by atoms with Crippen LogP contribution >= 0.6 is 0 Å². The van der Waals surface area contributed by atoms with E-state index < -0.39 is 41.8 Å². The van der Waals surface area contributed by atoms with Gasteiger partial charge in [-0.1, -0.05) is 6.07 Å². The number of fused-ring (bicyclic) bond motifs is 1. The van der Waals surface area contributed by atoms with Crippen LogP contribution in [0.3, 0.4) is 0 Å². The minimum Gasteiger partial charge on any atom is -0.508 e. The van der Waals surface area contributed by atoms with E-state index in [4.69, 9.17) is 9.47 Å². The molecule has 0 unspecified atom stereocenters. The first-order valence-corrected chi connectivity index (χ1v) is 8.29. The maximum absolute atomic E-state index is 12.0. The summed E-state index contributed by atoms with van der Waals surface area (Å²) in [5.41, 5.74) is 0.653. The Morgan fingerprint density at radius 3 is 2.57 bits per heavy atom. The van der Waals surface area contributed by atoms with Crippen molar-refractivity contribution in [3.63, 3.8) is 0 Å². The zero-order valence-corrected chi connectivity index (χ0v) is 14.4. The highest BCUT2D eigenvalue weighted by atomic mass is 16.6. The lowest BCUT2D eigenvalue weighted by molar-refractivity contribution is -0.479. The van der Waals surface area contributed by atoms with E-state index in [1.165, 1.54) is 24.3 Å². The molecule has 1 heterocycles. The van der Waals surface area contributed by atoms with Gasteiger partial charge in [0.2, 0.25) is 6.54 Å². The van der Waals surface area contributed by atoms with Crippen LogP contribution in [0.1, 0.15) is 23.7 Å². The first kappa shape index (κ1) is 19.1. The topological polar surface area (TPSA) is 160 Å². The summed E-state index contributed by atoms with van der Waals surface area (Å²) in [7, 11) is 0. The first-order chi connectivity index (χ1) is 13.2. The van der Waals surface area contributed by atoms with Gasteiger partial charge in [-0.05, 0) is 12.1 Å². The summed E-state index contributed by atoms with van der Waals surface area (Å²) in [6, 6.07) is 6.31. The summed E-state index contributed by atoms with van der Waals surface area (Å²) in [5.74, 6) is -1.91. The maximum Gasteiger partial charge on any atom is 0.312 e. The predicted molar refractivity (Wildman–Crippen MR) is 93.0 cm³/mol. The molecule has 0 saturated heterocycles. The lowest BCUT2D eigenvalue weighted by atomic mass is 9.93. The number of ether oxygens (including phenoxy) is 2. The second-order valence-corrected chi connectivity index (χ2v) is 6.27. The highest BCUT2D eigenvalue weighted by Gasteiger charge is 2.36. The van der Waals surface area contributed by atoms with Gasteiger partial charge in [0, 0.05) is 34.6 Å². The van der Waals surface area contributed by atoms with Crippen molar-refractivity contribution in [2.24, 2.45) is 0 Å². The van der Waals surface area contributed by atoms with Crippen LogP contribution < -0.4 is 4.74 Å². The van der Waals surface area contributed by atoms with Crippen LogP contribution in [-0.4, -0.2) is 44.0 Å². The highest BCUT2D eigenvalue weighted by molar-refractivity contribution is 5.70. The number of carbonyl (C=O) groups is 1. The average Bonchev–Trinajstić information content (AvgIpc) is 2.62. The number of phenols is 4. The smallest absolute Gasteiger partial charge is 0.312 e. The number of hydrogen-bond donors (Lipinski definition) is 4. The van der Waals surface area contributed by atoms with Crippen LogP contribution in [0.2, 0.25) is 0 Å². The normalized spacial score (nSPS) is 18.0. The molecule has 0 aromatic heterocycles. The third-order valence-corrected chi connectivity index (χ3v) is 4.28. The molecular formula is C18H17NO9. The number of benzene rings is 2. The first-order valence-electron chi connectivity index (χ1n) is 8.29. The van der Waals surface area contributed by atoms with Crippen molar-refractivity contribution < 1.29 is 39.6 Å². The summed E-state index contributed by atoms with van der Waals surface area (Å²) < 4.78 is 11.1. The van der Waals surface area contributed by atoms with Crippen molar-refractivity contribution in [3.05, 3.63) is 51.6 Å². The van der Waals surface area contributed by atoms with Crippen molar-refractivity contribution >= 4 is 5.97 Å². The summed E-state index contributed by atoms with van der Waals surface area (Å²) in [6.07, 6.45) is -2.34. The standard InChI is InChI=1S/C18H17NO9/c20-10-6-13(22)11-8-16(27-17(24)3-4-19(25)26)18(28-15(11)7-10)9-1-2-12(21)14(23)5-9/h1-2,5-7,16,18,20-23H,3-4,8H2/t16-,18-/m1/s1. The Labute approximate surface area is 158 Å². The van der Waals surface area contributed by atoms with Crippen molar-refractivity contribution in [3.8, 4) is 28.7 Å². The number of nitrogens with zero attached hydrogens (tertiary/aromatic N) is 1. The van der Waals surface area contributed by atoms with Crippen LogP contribution in [0.5, 0.6) is 28.7 Å². The molecule has 1 aliphatic rings. The van der Waals surface area contributed by atoms with Gasteiger partial charge in [-0.3, -0.25) is 14.9 Å². The van der Waals surface area contributed by atoms with Gasteiger partial charge in [-0.2, -0.15) is 0 Å². The van der Waals surface area contributed by atoms with Crippen LogP contribution in [0.4, 0.5) is 0 Å². The van der Waals surface area contributed by atoms with Gasteiger partial charge in [0.1, 0.15) is 29.8 Å². The minimum atomic E-state index is -0.967. The molecule has 148 valence electrons.